The van der Waals surface area contributed by atoms with Crippen molar-refractivity contribution >= 4 is 34.9 Å². The van der Waals surface area contributed by atoms with E-state index in [0.29, 0.717) is 13.2 Å². The van der Waals surface area contributed by atoms with E-state index in [2.05, 4.69) is 6.92 Å². The Morgan fingerprint density at radius 1 is 1.04 bits per heavy atom. The number of hydrogen-bond donors (Lipinski definition) is 0. The molecule has 0 spiro atoms. The summed E-state index contributed by atoms with van der Waals surface area (Å²) in [5.41, 5.74) is 6.61. The van der Waals surface area contributed by atoms with Crippen LogP contribution in [0.15, 0.2) is 0 Å². The summed E-state index contributed by atoms with van der Waals surface area (Å²) < 4.78 is 14.8. The predicted molar refractivity (Wildman–Crippen MR) is 101 cm³/mol. The van der Waals surface area contributed by atoms with Gasteiger partial charge in [0.25, 0.3) is 0 Å². The molecule has 1 N–H and O–H groups in total. The summed E-state index contributed by atoms with van der Waals surface area (Å²) in [4.78, 5) is 21.6. The number of carbonyl (C=O) groups is 2. The third-order valence-electron chi connectivity index (χ3n) is 2.45. The molecular formula is C16H33INO5Y-. The third-order valence-corrected chi connectivity index (χ3v) is 2.81. The summed E-state index contributed by atoms with van der Waals surface area (Å²) in [5, 5.41) is 0. The third kappa shape index (κ3) is 27.5. The molecule has 0 rings (SSSR count). The van der Waals surface area contributed by atoms with Gasteiger partial charge in [-0.15, -0.1) is 0 Å². The number of rotatable bonds is 12. The van der Waals surface area contributed by atoms with Gasteiger partial charge >= 0.3 is 5.97 Å². The van der Waals surface area contributed by atoms with Crippen molar-refractivity contribution in [2.75, 3.05) is 26.4 Å². The minimum Gasteiger partial charge on any atom is -0.666 e. The molecule has 8 heteroatoms. The number of esters is 1. The standard InChI is InChI=1S/C12H22INO5.2C2H6.Y/c1-2-3-4-5-10(7-19-13)6-18-12(16)9-17-8-11(14)15;2*1-2;/h10H,2-9H2,1H3,(H2,14,15);2*1-2H3;/p-1. The molecule has 0 aliphatic heterocycles. The van der Waals surface area contributed by atoms with Gasteiger partial charge in [0, 0.05) is 38.6 Å². The van der Waals surface area contributed by atoms with Gasteiger partial charge in [0.05, 0.1) is 25.7 Å². The molecule has 24 heavy (non-hydrogen) atoms. The van der Waals surface area contributed by atoms with E-state index in [1.807, 2.05) is 50.7 Å². The molecule has 0 heterocycles. The van der Waals surface area contributed by atoms with Crippen LogP contribution in [0.1, 0.15) is 60.3 Å². The molecule has 0 aromatic heterocycles. The first kappa shape index (κ1) is 32.4. The Morgan fingerprint density at radius 3 is 2.08 bits per heavy atom. The van der Waals surface area contributed by atoms with Crippen molar-refractivity contribution in [2.45, 2.75) is 60.3 Å². The van der Waals surface area contributed by atoms with E-state index in [1.165, 1.54) is 0 Å². The van der Waals surface area contributed by atoms with Crippen LogP contribution in [-0.2, 0) is 54.8 Å². The Bertz CT molecular complexity index is 271. The number of amides is 1. The van der Waals surface area contributed by atoms with Crippen LogP contribution in [0.3, 0.4) is 0 Å². The molecule has 0 saturated carbocycles. The van der Waals surface area contributed by atoms with Gasteiger partial charge in [0.15, 0.2) is 0 Å². The van der Waals surface area contributed by atoms with E-state index in [9.17, 15) is 9.59 Å². The summed E-state index contributed by atoms with van der Waals surface area (Å²) in [5.74, 6) is -1.19. The average molecular weight is 535 g/mol. The fraction of sp³-hybridized carbons (Fsp3) is 0.875. The van der Waals surface area contributed by atoms with Crippen molar-refractivity contribution < 1.29 is 54.8 Å². The number of nitrogens with one attached hydrogen (secondary N) is 1. The number of hydrogen-bond acceptors (Lipinski definition) is 5. The fourth-order valence-electron chi connectivity index (χ4n) is 1.47. The SMILES string of the molecule is CC.CC.CCCCCC(COI)COC(=O)COCC([NH-])=O.[Y]. The second-order valence-corrected chi connectivity index (χ2v) is 4.86. The van der Waals surface area contributed by atoms with Crippen LogP contribution in [0.4, 0.5) is 0 Å². The molecule has 1 radical (unpaired) electrons. The largest absolute Gasteiger partial charge is 0.666 e. The number of halogens is 1. The summed E-state index contributed by atoms with van der Waals surface area (Å²) in [6.07, 6.45) is 4.34. The van der Waals surface area contributed by atoms with Gasteiger partial charge < -0.3 is 23.1 Å². The van der Waals surface area contributed by atoms with Gasteiger partial charge in [-0.1, -0.05) is 53.9 Å². The molecule has 1 amide bonds. The summed E-state index contributed by atoms with van der Waals surface area (Å²) in [6.45, 7) is 10.3. The zero-order valence-electron chi connectivity index (χ0n) is 15.7. The van der Waals surface area contributed by atoms with Crippen molar-refractivity contribution in [1.82, 2.24) is 0 Å². The topological polar surface area (TPSA) is 85.6 Å². The van der Waals surface area contributed by atoms with E-state index >= 15 is 0 Å². The maximum Gasteiger partial charge on any atom is 0.332 e. The van der Waals surface area contributed by atoms with Crippen molar-refractivity contribution in [1.29, 1.82) is 0 Å². The number of unbranched alkanes of at least 4 members (excludes halogenated alkanes) is 2. The molecule has 1 unspecified atom stereocenters. The zero-order valence-corrected chi connectivity index (χ0v) is 20.7. The van der Waals surface area contributed by atoms with Crippen LogP contribution >= 0.6 is 23.0 Å². The Hall–Kier alpha value is 0.694. The van der Waals surface area contributed by atoms with Crippen LogP contribution in [0, 0.1) is 5.92 Å². The van der Waals surface area contributed by atoms with Crippen molar-refractivity contribution in [2.24, 2.45) is 5.92 Å². The van der Waals surface area contributed by atoms with E-state index in [0.717, 1.165) is 25.7 Å². The van der Waals surface area contributed by atoms with Crippen LogP contribution in [0.2, 0.25) is 0 Å². The Kier molecular flexibility index (Phi) is 38.4. The molecule has 143 valence electrons. The van der Waals surface area contributed by atoms with Crippen molar-refractivity contribution in [3.63, 3.8) is 0 Å². The molecule has 0 bridgehead atoms. The summed E-state index contributed by atoms with van der Waals surface area (Å²) in [6, 6.07) is 0. The predicted octanol–water partition coefficient (Wildman–Crippen LogP) is 4.74. The maximum atomic E-state index is 11.3. The van der Waals surface area contributed by atoms with Gasteiger partial charge in [0.1, 0.15) is 29.6 Å². The maximum absolute atomic E-state index is 11.3. The van der Waals surface area contributed by atoms with Crippen molar-refractivity contribution in [3.8, 4) is 0 Å². The quantitative estimate of drug-likeness (QED) is 0.205. The van der Waals surface area contributed by atoms with Gasteiger partial charge in [0.2, 0.25) is 0 Å². The zero-order chi connectivity index (χ0) is 18.5. The molecule has 0 aliphatic rings. The average Bonchev–Trinajstić information content (AvgIpc) is 2.56. The summed E-state index contributed by atoms with van der Waals surface area (Å²) >= 11 is 1.83. The van der Waals surface area contributed by atoms with Gasteiger partial charge in [-0.2, -0.15) is 0 Å². The molecule has 0 fully saturated rings. The first-order valence-corrected chi connectivity index (χ1v) is 9.19. The number of ether oxygens (including phenoxy) is 2. The van der Waals surface area contributed by atoms with Crippen LogP contribution in [0.25, 0.3) is 5.73 Å². The van der Waals surface area contributed by atoms with Crippen LogP contribution in [-0.4, -0.2) is 38.3 Å². The molecule has 0 aromatic rings. The minimum absolute atomic E-state index is 0. The summed E-state index contributed by atoms with van der Waals surface area (Å²) in [7, 11) is 0. The molecule has 0 aliphatic carbocycles. The molecule has 6 nitrogen and oxygen atoms in total. The van der Waals surface area contributed by atoms with Crippen LogP contribution < -0.4 is 0 Å². The van der Waals surface area contributed by atoms with E-state index < -0.39 is 11.9 Å². The Labute approximate surface area is 186 Å². The van der Waals surface area contributed by atoms with Crippen LogP contribution in [0.5, 0.6) is 0 Å². The smallest absolute Gasteiger partial charge is 0.332 e. The Morgan fingerprint density at radius 2 is 1.62 bits per heavy atom. The Balaban J connectivity index is -0.000000369. The fourth-order valence-corrected chi connectivity index (χ4v) is 1.97. The van der Waals surface area contributed by atoms with E-state index in [-0.39, 0.29) is 51.8 Å². The van der Waals surface area contributed by atoms with E-state index in [4.69, 9.17) is 18.3 Å². The second kappa shape index (κ2) is 28.5. The van der Waals surface area contributed by atoms with E-state index in [1.54, 1.807) is 0 Å². The van der Waals surface area contributed by atoms with Gasteiger partial charge in [-0.05, 0) is 6.42 Å². The number of carbonyl (C=O) groups excluding carboxylic acids is 2. The molecular weight excluding hydrogens is 502 g/mol. The first-order chi connectivity index (χ1) is 11.1. The minimum atomic E-state index is -0.858. The normalized spacial score (nSPS) is 10.1. The van der Waals surface area contributed by atoms with Gasteiger partial charge in [-0.25, -0.2) is 4.79 Å². The monoisotopic (exact) mass is 535 g/mol. The second-order valence-electron chi connectivity index (χ2n) is 4.24. The molecule has 1 atom stereocenters. The molecule has 0 aromatic carbocycles. The van der Waals surface area contributed by atoms with Gasteiger partial charge in [-0.3, -0.25) is 0 Å². The van der Waals surface area contributed by atoms with Crippen molar-refractivity contribution in [3.05, 3.63) is 5.73 Å². The molecule has 0 saturated heterocycles. The first-order valence-electron chi connectivity index (χ1n) is 8.31.